The molecule has 0 unspecified atom stereocenters. The minimum Gasteiger partial charge on any atom is -0.397 e. The van der Waals surface area contributed by atoms with Crippen molar-refractivity contribution in [1.82, 2.24) is 0 Å². The third-order valence-electron chi connectivity index (χ3n) is 2.42. The highest BCUT2D eigenvalue weighted by Gasteiger charge is 2.05. The molecule has 0 radical (unpaired) electrons. The van der Waals surface area contributed by atoms with E-state index < -0.39 is 0 Å². The van der Waals surface area contributed by atoms with Gasteiger partial charge < -0.3 is 16.4 Å². The first-order valence-electron chi connectivity index (χ1n) is 5.59. The van der Waals surface area contributed by atoms with Gasteiger partial charge in [0.1, 0.15) is 0 Å². The molecule has 0 aromatic heterocycles. The Hall–Kier alpha value is -1.38. The average molecular weight is 207 g/mol. The normalized spacial score (nSPS) is 10.3. The van der Waals surface area contributed by atoms with Gasteiger partial charge in [-0.3, -0.25) is 0 Å². The number of rotatable bonds is 5. The van der Waals surface area contributed by atoms with Crippen molar-refractivity contribution >= 4 is 17.1 Å². The zero-order valence-corrected chi connectivity index (χ0v) is 9.66. The lowest BCUT2D eigenvalue weighted by molar-refractivity contribution is 0.745. The first-order valence-corrected chi connectivity index (χ1v) is 5.59. The van der Waals surface area contributed by atoms with Crippen LogP contribution in [0.2, 0.25) is 0 Å². The standard InChI is InChI=1S/C12H21N3/c1-3-7-15(8-4-2)10-5-6-11(13)12(14)9-10/h5-6,9H,3-4,7-8,13-14H2,1-2H3. The SMILES string of the molecule is CCCN(CCC)c1ccc(N)c(N)c1. The molecule has 0 atom stereocenters. The second kappa shape index (κ2) is 5.49. The molecule has 4 N–H and O–H groups in total. The molecule has 0 aliphatic heterocycles. The van der Waals surface area contributed by atoms with Crippen molar-refractivity contribution in [3.8, 4) is 0 Å². The summed E-state index contributed by atoms with van der Waals surface area (Å²) in [4.78, 5) is 2.34. The van der Waals surface area contributed by atoms with E-state index >= 15 is 0 Å². The molecule has 0 aliphatic carbocycles. The number of anilines is 3. The van der Waals surface area contributed by atoms with Gasteiger partial charge in [-0.1, -0.05) is 13.8 Å². The van der Waals surface area contributed by atoms with Crippen molar-refractivity contribution in [3.63, 3.8) is 0 Å². The summed E-state index contributed by atoms with van der Waals surface area (Å²) in [7, 11) is 0. The summed E-state index contributed by atoms with van der Waals surface area (Å²) in [6.07, 6.45) is 2.29. The van der Waals surface area contributed by atoms with Gasteiger partial charge >= 0.3 is 0 Å². The number of nitrogens with two attached hydrogens (primary N) is 2. The Morgan fingerprint density at radius 2 is 1.60 bits per heavy atom. The maximum Gasteiger partial charge on any atom is 0.0568 e. The van der Waals surface area contributed by atoms with E-state index in [1.807, 2.05) is 18.2 Å². The Morgan fingerprint density at radius 1 is 1.00 bits per heavy atom. The highest BCUT2D eigenvalue weighted by molar-refractivity contribution is 5.69. The van der Waals surface area contributed by atoms with Crippen LogP contribution in [0.15, 0.2) is 18.2 Å². The highest BCUT2D eigenvalue weighted by atomic mass is 15.1. The van der Waals surface area contributed by atoms with E-state index in [2.05, 4.69) is 18.7 Å². The minimum absolute atomic E-state index is 0.659. The van der Waals surface area contributed by atoms with Gasteiger partial charge in [0.05, 0.1) is 11.4 Å². The number of benzene rings is 1. The van der Waals surface area contributed by atoms with Gasteiger partial charge in [-0.15, -0.1) is 0 Å². The third kappa shape index (κ3) is 3.05. The molecular formula is C12H21N3. The smallest absolute Gasteiger partial charge is 0.0568 e. The van der Waals surface area contributed by atoms with Crippen LogP contribution in [-0.4, -0.2) is 13.1 Å². The maximum atomic E-state index is 5.80. The van der Waals surface area contributed by atoms with Crippen molar-refractivity contribution in [2.75, 3.05) is 29.5 Å². The molecule has 3 heteroatoms. The maximum absolute atomic E-state index is 5.80. The second-order valence-electron chi connectivity index (χ2n) is 3.80. The van der Waals surface area contributed by atoms with E-state index in [0.717, 1.165) is 25.9 Å². The van der Waals surface area contributed by atoms with Gasteiger partial charge in [0, 0.05) is 18.8 Å². The molecule has 1 rings (SSSR count). The number of hydrogen-bond acceptors (Lipinski definition) is 3. The lowest BCUT2D eigenvalue weighted by atomic mass is 10.2. The number of hydrogen-bond donors (Lipinski definition) is 2. The lowest BCUT2D eigenvalue weighted by Gasteiger charge is -2.24. The molecule has 0 bridgehead atoms. The van der Waals surface area contributed by atoms with Crippen LogP contribution in [-0.2, 0) is 0 Å². The monoisotopic (exact) mass is 207 g/mol. The molecule has 1 aromatic rings. The second-order valence-corrected chi connectivity index (χ2v) is 3.80. The first-order chi connectivity index (χ1) is 7.19. The van der Waals surface area contributed by atoms with Crippen molar-refractivity contribution in [2.24, 2.45) is 0 Å². The predicted octanol–water partition coefficient (Wildman–Crippen LogP) is 2.48. The van der Waals surface area contributed by atoms with Crippen molar-refractivity contribution in [3.05, 3.63) is 18.2 Å². The van der Waals surface area contributed by atoms with Crippen LogP contribution in [0, 0.1) is 0 Å². The molecule has 3 nitrogen and oxygen atoms in total. The topological polar surface area (TPSA) is 55.3 Å². The van der Waals surface area contributed by atoms with E-state index in [1.54, 1.807) is 0 Å². The Kier molecular flexibility index (Phi) is 4.28. The zero-order valence-electron chi connectivity index (χ0n) is 9.66. The fraction of sp³-hybridized carbons (Fsp3) is 0.500. The summed E-state index contributed by atoms with van der Waals surface area (Å²) >= 11 is 0. The number of nitrogen functional groups attached to an aromatic ring is 2. The van der Waals surface area contributed by atoms with Crippen molar-refractivity contribution in [1.29, 1.82) is 0 Å². The van der Waals surface area contributed by atoms with Crippen LogP contribution >= 0.6 is 0 Å². The molecule has 0 saturated heterocycles. The minimum atomic E-state index is 0.659. The summed E-state index contributed by atoms with van der Waals surface area (Å²) in [5, 5.41) is 0. The van der Waals surface area contributed by atoms with Gasteiger partial charge in [-0.25, -0.2) is 0 Å². The van der Waals surface area contributed by atoms with Crippen LogP contribution in [0.3, 0.4) is 0 Å². The molecule has 0 heterocycles. The molecule has 0 spiro atoms. The fourth-order valence-corrected chi connectivity index (χ4v) is 1.67. The van der Waals surface area contributed by atoms with E-state index in [-0.39, 0.29) is 0 Å². The predicted molar refractivity (Wildman–Crippen MR) is 68.1 cm³/mol. The molecule has 15 heavy (non-hydrogen) atoms. The molecular weight excluding hydrogens is 186 g/mol. The Morgan fingerprint density at radius 3 is 2.07 bits per heavy atom. The Bertz CT molecular complexity index is 304. The average Bonchev–Trinajstić information content (AvgIpc) is 2.22. The molecule has 84 valence electrons. The first kappa shape index (κ1) is 11.7. The molecule has 0 amide bonds. The largest absolute Gasteiger partial charge is 0.397 e. The van der Waals surface area contributed by atoms with Crippen LogP contribution in [0.5, 0.6) is 0 Å². The van der Waals surface area contributed by atoms with E-state index in [4.69, 9.17) is 11.5 Å². The number of nitrogens with zero attached hydrogens (tertiary/aromatic N) is 1. The molecule has 0 fully saturated rings. The van der Waals surface area contributed by atoms with Gasteiger partial charge in [0.25, 0.3) is 0 Å². The summed E-state index contributed by atoms with van der Waals surface area (Å²) in [6.45, 7) is 6.50. The van der Waals surface area contributed by atoms with Gasteiger partial charge in [0.15, 0.2) is 0 Å². The summed E-state index contributed by atoms with van der Waals surface area (Å²) < 4.78 is 0. The molecule has 1 aromatic carbocycles. The van der Waals surface area contributed by atoms with E-state index in [0.29, 0.717) is 11.4 Å². The van der Waals surface area contributed by atoms with Crippen molar-refractivity contribution < 1.29 is 0 Å². The van der Waals surface area contributed by atoms with E-state index in [9.17, 15) is 0 Å². The lowest BCUT2D eigenvalue weighted by Crippen LogP contribution is -2.24. The van der Waals surface area contributed by atoms with Gasteiger partial charge in [-0.05, 0) is 31.0 Å². The quantitative estimate of drug-likeness (QED) is 0.729. The van der Waals surface area contributed by atoms with E-state index in [1.165, 1.54) is 5.69 Å². The highest BCUT2D eigenvalue weighted by Crippen LogP contribution is 2.23. The molecule has 0 saturated carbocycles. The van der Waals surface area contributed by atoms with Gasteiger partial charge in [0.2, 0.25) is 0 Å². The fourth-order valence-electron chi connectivity index (χ4n) is 1.67. The Balaban J connectivity index is 2.85. The van der Waals surface area contributed by atoms with Gasteiger partial charge in [-0.2, -0.15) is 0 Å². The van der Waals surface area contributed by atoms with Crippen LogP contribution in [0.4, 0.5) is 17.1 Å². The summed E-state index contributed by atoms with van der Waals surface area (Å²) in [6, 6.07) is 5.88. The molecule has 0 aliphatic rings. The third-order valence-corrected chi connectivity index (χ3v) is 2.42. The summed E-state index contributed by atoms with van der Waals surface area (Å²) in [5.74, 6) is 0. The van der Waals surface area contributed by atoms with Crippen LogP contribution in [0.1, 0.15) is 26.7 Å². The summed E-state index contributed by atoms with van der Waals surface area (Å²) in [5.41, 5.74) is 14.0. The van der Waals surface area contributed by atoms with Crippen LogP contribution < -0.4 is 16.4 Å². The zero-order chi connectivity index (χ0) is 11.3. The Labute approximate surface area is 92.1 Å². The van der Waals surface area contributed by atoms with Crippen molar-refractivity contribution in [2.45, 2.75) is 26.7 Å². The van der Waals surface area contributed by atoms with Crippen LogP contribution in [0.25, 0.3) is 0 Å².